The number of benzene rings is 1. The molecule has 1 aromatic carbocycles. The SMILES string of the molecule is CCc1nc2ccc(Cl)cn2c1C(=O)NCC1CC2(C1)CN(c1ccc(OC(F)(F)F)cc1)C2. The molecule has 0 bridgehead atoms. The fraction of sp³-hybridized carbons (Fsp3) is 0.417. The molecule has 2 aromatic heterocycles. The van der Waals surface area contributed by atoms with Gasteiger partial charge in [-0.25, -0.2) is 4.98 Å². The summed E-state index contributed by atoms with van der Waals surface area (Å²) in [5.74, 6) is 0.0379. The number of anilines is 1. The van der Waals surface area contributed by atoms with Crippen molar-refractivity contribution in [3.63, 3.8) is 0 Å². The summed E-state index contributed by atoms with van der Waals surface area (Å²) in [6, 6.07) is 9.53. The van der Waals surface area contributed by atoms with Gasteiger partial charge in [0.1, 0.15) is 17.1 Å². The van der Waals surface area contributed by atoms with Crippen LogP contribution < -0.4 is 15.0 Å². The number of imidazole rings is 1. The first-order valence-electron chi connectivity index (χ1n) is 11.2. The molecule has 3 heterocycles. The van der Waals surface area contributed by atoms with Crippen LogP contribution in [-0.2, 0) is 6.42 Å². The number of fused-ring (bicyclic) bond motifs is 1. The van der Waals surface area contributed by atoms with Gasteiger partial charge in [0.05, 0.1) is 10.7 Å². The molecule has 0 atom stereocenters. The van der Waals surface area contributed by atoms with Crippen LogP contribution in [0, 0.1) is 11.3 Å². The van der Waals surface area contributed by atoms with Crippen molar-refractivity contribution < 1.29 is 22.7 Å². The van der Waals surface area contributed by atoms with E-state index in [2.05, 4.69) is 19.9 Å². The van der Waals surface area contributed by atoms with Crippen LogP contribution in [0.1, 0.15) is 35.9 Å². The molecule has 2 aliphatic rings. The van der Waals surface area contributed by atoms with Crippen LogP contribution in [0.4, 0.5) is 18.9 Å². The van der Waals surface area contributed by atoms with E-state index >= 15 is 0 Å². The number of rotatable bonds is 6. The van der Waals surface area contributed by atoms with Gasteiger partial charge in [-0.2, -0.15) is 0 Å². The highest BCUT2D eigenvalue weighted by atomic mass is 35.5. The normalized spacial score (nSPS) is 17.5. The largest absolute Gasteiger partial charge is 0.573 e. The van der Waals surface area contributed by atoms with Crippen LogP contribution >= 0.6 is 11.6 Å². The van der Waals surface area contributed by atoms with Gasteiger partial charge >= 0.3 is 6.36 Å². The van der Waals surface area contributed by atoms with Gasteiger partial charge in [-0.3, -0.25) is 9.20 Å². The average Bonchev–Trinajstić information content (AvgIpc) is 3.09. The summed E-state index contributed by atoms with van der Waals surface area (Å²) in [4.78, 5) is 19.6. The number of carbonyl (C=O) groups excluding carboxylic acids is 1. The maximum Gasteiger partial charge on any atom is 0.573 e. The first-order valence-corrected chi connectivity index (χ1v) is 11.6. The quantitative estimate of drug-likeness (QED) is 0.520. The summed E-state index contributed by atoms with van der Waals surface area (Å²) in [5, 5.41) is 3.61. The van der Waals surface area contributed by atoms with Crippen molar-refractivity contribution in [3.05, 3.63) is 59.0 Å². The first-order chi connectivity index (χ1) is 16.1. The molecule has 1 spiro atoms. The Hall–Kier alpha value is -2.94. The van der Waals surface area contributed by atoms with E-state index in [9.17, 15) is 18.0 Å². The molecule has 1 aliphatic carbocycles. The molecule has 34 heavy (non-hydrogen) atoms. The molecule has 1 aliphatic heterocycles. The second-order valence-electron chi connectivity index (χ2n) is 9.22. The van der Waals surface area contributed by atoms with E-state index in [0.717, 1.165) is 37.3 Å². The van der Waals surface area contributed by atoms with E-state index in [1.165, 1.54) is 12.1 Å². The van der Waals surface area contributed by atoms with E-state index in [1.54, 1.807) is 34.9 Å². The third-order valence-corrected chi connectivity index (χ3v) is 6.91. The molecule has 2 fully saturated rings. The van der Waals surface area contributed by atoms with Gasteiger partial charge in [0.25, 0.3) is 5.91 Å². The van der Waals surface area contributed by atoms with Crippen molar-refractivity contribution in [1.29, 1.82) is 0 Å². The topological polar surface area (TPSA) is 58.9 Å². The highest BCUT2D eigenvalue weighted by Gasteiger charge is 2.52. The predicted molar refractivity (Wildman–Crippen MR) is 122 cm³/mol. The maximum atomic E-state index is 12.9. The minimum absolute atomic E-state index is 0.149. The Bertz CT molecular complexity index is 1210. The molecule has 0 unspecified atom stereocenters. The van der Waals surface area contributed by atoms with E-state index < -0.39 is 6.36 Å². The van der Waals surface area contributed by atoms with Gasteiger partial charge in [0.2, 0.25) is 0 Å². The van der Waals surface area contributed by atoms with Crippen LogP contribution in [0.25, 0.3) is 5.65 Å². The van der Waals surface area contributed by atoms with Crippen LogP contribution in [0.15, 0.2) is 42.6 Å². The molecule has 1 saturated carbocycles. The summed E-state index contributed by atoms with van der Waals surface area (Å²) in [6.45, 7) is 4.29. The standard InChI is InChI=1S/C24H24ClF3N4O2/c1-2-19-21(32-12-16(25)3-8-20(32)30-19)22(33)29-11-15-9-23(10-15)13-31(14-23)17-4-6-18(7-5-17)34-24(26,27)28/h3-8,12,15H,2,9-11,13-14H2,1H3,(H,29,33). The Morgan fingerprint density at radius 2 is 1.91 bits per heavy atom. The second-order valence-corrected chi connectivity index (χ2v) is 9.65. The van der Waals surface area contributed by atoms with E-state index in [1.807, 2.05) is 6.92 Å². The number of pyridine rings is 1. The molecular weight excluding hydrogens is 469 g/mol. The number of nitrogens with one attached hydrogen (secondary N) is 1. The fourth-order valence-corrected chi connectivity index (χ4v) is 5.41. The highest BCUT2D eigenvalue weighted by molar-refractivity contribution is 6.30. The van der Waals surface area contributed by atoms with E-state index in [4.69, 9.17) is 11.6 Å². The number of hydrogen-bond donors (Lipinski definition) is 1. The Morgan fingerprint density at radius 1 is 1.21 bits per heavy atom. The van der Waals surface area contributed by atoms with Gasteiger partial charge in [-0.15, -0.1) is 13.2 Å². The van der Waals surface area contributed by atoms with Gasteiger partial charge in [-0.05, 0) is 61.6 Å². The Labute approximate surface area is 199 Å². The number of alkyl halides is 3. The maximum absolute atomic E-state index is 12.9. The van der Waals surface area contributed by atoms with Crippen LogP contribution in [0.3, 0.4) is 0 Å². The Kier molecular flexibility index (Phi) is 5.62. The van der Waals surface area contributed by atoms with Gasteiger partial charge in [0, 0.05) is 36.9 Å². The molecule has 5 rings (SSSR count). The molecule has 1 N–H and O–H groups in total. The number of aromatic nitrogens is 2. The van der Waals surface area contributed by atoms with Gasteiger partial charge in [0.15, 0.2) is 0 Å². The number of carbonyl (C=O) groups is 1. The number of ether oxygens (including phenoxy) is 1. The van der Waals surface area contributed by atoms with Crippen molar-refractivity contribution in [1.82, 2.24) is 14.7 Å². The van der Waals surface area contributed by atoms with Crippen molar-refractivity contribution in [2.45, 2.75) is 32.5 Å². The lowest BCUT2D eigenvalue weighted by molar-refractivity contribution is -0.274. The zero-order valence-electron chi connectivity index (χ0n) is 18.5. The molecule has 10 heteroatoms. The molecule has 3 aromatic rings. The zero-order valence-corrected chi connectivity index (χ0v) is 19.3. The predicted octanol–water partition coefficient (Wildman–Crippen LogP) is 5.10. The van der Waals surface area contributed by atoms with Crippen molar-refractivity contribution in [3.8, 4) is 5.75 Å². The number of amides is 1. The van der Waals surface area contributed by atoms with Crippen molar-refractivity contribution in [2.75, 3.05) is 24.5 Å². The van der Waals surface area contributed by atoms with Crippen molar-refractivity contribution in [2.24, 2.45) is 11.3 Å². The molecule has 1 amide bonds. The zero-order chi connectivity index (χ0) is 24.1. The molecule has 180 valence electrons. The molecule has 1 saturated heterocycles. The number of nitrogens with zero attached hydrogens (tertiary/aromatic N) is 3. The summed E-state index contributed by atoms with van der Waals surface area (Å²) >= 11 is 6.11. The lowest BCUT2D eigenvalue weighted by Crippen LogP contribution is -2.63. The minimum atomic E-state index is -4.69. The lowest BCUT2D eigenvalue weighted by atomic mass is 9.57. The number of halogens is 4. The Morgan fingerprint density at radius 3 is 2.56 bits per heavy atom. The first kappa shape index (κ1) is 22.8. The summed E-state index contributed by atoms with van der Waals surface area (Å²) in [5.41, 5.74) is 3.08. The number of aryl methyl sites for hydroxylation is 1. The second kappa shape index (κ2) is 8.37. The molecule has 6 nitrogen and oxygen atoms in total. The molecular formula is C24H24ClF3N4O2. The monoisotopic (exact) mass is 492 g/mol. The third kappa shape index (κ3) is 4.41. The summed E-state index contributed by atoms with van der Waals surface area (Å²) in [7, 11) is 0. The minimum Gasteiger partial charge on any atom is -0.406 e. The lowest BCUT2D eigenvalue weighted by Gasteiger charge is -2.60. The third-order valence-electron chi connectivity index (χ3n) is 6.69. The summed E-state index contributed by atoms with van der Waals surface area (Å²) in [6.07, 6.45) is -0.304. The smallest absolute Gasteiger partial charge is 0.406 e. The van der Waals surface area contributed by atoms with Crippen LogP contribution in [-0.4, -0.2) is 41.3 Å². The fourth-order valence-electron chi connectivity index (χ4n) is 5.25. The van der Waals surface area contributed by atoms with Crippen LogP contribution in [0.5, 0.6) is 5.75 Å². The van der Waals surface area contributed by atoms with Crippen LogP contribution in [0.2, 0.25) is 5.02 Å². The number of hydrogen-bond acceptors (Lipinski definition) is 4. The van der Waals surface area contributed by atoms with E-state index in [0.29, 0.717) is 35.2 Å². The van der Waals surface area contributed by atoms with Crippen molar-refractivity contribution >= 4 is 28.8 Å². The average molecular weight is 493 g/mol. The molecule has 0 radical (unpaired) electrons. The van der Waals surface area contributed by atoms with Gasteiger partial charge in [-0.1, -0.05) is 18.5 Å². The van der Waals surface area contributed by atoms with E-state index in [-0.39, 0.29) is 17.1 Å². The van der Waals surface area contributed by atoms with Gasteiger partial charge < -0.3 is 15.0 Å². The highest BCUT2D eigenvalue weighted by Crippen LogP contribution is 2.52. The Balaban J connectivity index is 1.12. The summed E-state index contributed by atoms with van der Waals surface area (Å²) < 4.78 is 42.6.